The molecule has 86 valence electrons. The number of hydrogen-bond donors (Lipinski definition) is 1. The van der Waals surface area contributed by atoms with E-state index >= 15 is 0 Å². The molecule has 4 heteroatoms. The summed E-state index contributed by atoms with van der Waals surface area (Å²) in [7, 11) is 1.58. The maximum Gasteiger partial charge on any atom is 0.241 e. The molecule has 0 radical (unpaired) electrons. The molecular formula is C12H16N2O2. The van der Waals surface area contributed by atoms with Crippen molar-refractivity contribution in [3.63, 3.8) is 0 Å². The quantitative estimate of drug-likeness (QED) is 0.773. The molecule has 1 heterocycles. The van der Waals surface area contributed by atoms with E-state index in [1.165, 1.54) is 0 Å². The minimum Gasteiger partial charge on any atom is -0.348 e. The van der Waals surface area contributed by atoms with Crippen molar-refractivity contribution in [3.8, 4) is 0 Å². The molecular weight excluding hydrogens is 204 g/mol. The molecule has 1 aromatic rings. The van der Waals surface area contributed by atoms with E-state index in [9.17, 15) is 4.79 Å². The number of carbonyl (C=O) groups is 1. The Bertz CT molecular complexity index is 367. The Balaban J connectivity index is 1.88. The van der Waals surface area contributed by atoms with Crippen LogP contribution in [0.3, 0.4) is 0 Å². The molecule has 0 spiro atoms. The van der Waals surface area contributed by atoms with Crippen molar-refractivity contribution < 1.29 is 9.63 Å². The van der Waals surface area contributed by atoms with Gasteiger partial charge in [-0.25, -0.2) is 0 Å². The molecule has 16 heavy (non-hydrogen) atoms. The molecule has 1 aliphatic heterocycles. The van der Waals surface area contributed by atoms with Crippen LogP contribution in [-0.4, -0.2) is 30.7 Å². The number of nitrogens with zero attached hydrogens (tertiary/aromatic N) is 1. The van der Waals surface area contributed by atoms with Crippen molar-refractivity contribution >= 4 is 5.91 Å². The first kappa shape index (κ1) is 11.1. The van der Waals surface area contributed by atoms with Crippen LogP contribution in [-0.2, 0) is 9.63 Å². The average Bonchev–Trinajstić information content (AvgIpc) is 3.09. The van der Waals surface area contributed by atoms with Crippen LogP contribution < -0.4 is 5.32 Å². The highest BCUT2D eigenvalue weighted by atomic mass is 16.7. The molecule has 0 bridgehead atoms. The maximum absolute atomic E-state index is 11.7. The lowest BCUT2D eigenvalue weighted by atomic mass is 10.1. The fourth-order valence-electron chi connectivity index (χ4n) is 1.67. The summed E-state index contributed by atoms with van der Waals surface area (Å²) >= 11 is 0. The minimum absolute atomic E-state index is 0.0261. The number of hydroxylamine groups is 2. The molecule has 0 aromatic heterocycles. The summed E-state index contributed by atoms with van der Waals surface area (Å²) in [6, 6.07) is 9.83. The number of carbonyl (C=O) groups excluding carboxylic acids is 1. The second kappa shape index (κ2) is 4.63. The van der Waals surface area contributed by atoms with Gasteiger partial charge in [0.15, 0.2) is 0 Å². The van der Waals surface area contributed by atoms with Gasteiger partial charge in [0.05, 0.1) is 19.7 Å². The third-order valence-electron chi connectivity index (χ3n) is 2.76. The first-order valence-electron chi connectivity index (χ1n) is 5.38. The first-order chi connectivity index (χ1) is 7.72. The van der Waals surface area contributed by atoms with E-state index in [2.05, 4.69) is 5.32 Å². The number of rotatable bonds is 4. The molecule has 2 rings (SSSR count). The van der Waals surface area contributed by atoms with Crippen LogP contribution in [0.5, 0.6) is 0 Å². The Morgan fingerprint density at radius 2 is 2.19 bits per heavy atom. The van der Waals surface area contributed by atoms with E-state index in [4.69, 9.17) is 4.84 Å². The van der Waals surface area contributed by atoms with Gasteiger partial charge in [-0.2, -0.15) is 5.06 Å². The fraction of sp³-hybridized carbons (Fsp3) is 0.417. The summed E-state index contributed by atoms with van der Waals surface area (Å²) in [5.41, 5.74) is 1.11. The van der Waals surface area contributed by atoms with E-state index in [-0.39, 0.29) is 18.0 Å². The van der Waals surface area contributed by atoms with Gasteiger partial charge >= 0.3 is 0 Å². The minimum atomic E-state index is -0.115. The van der Waals surface area contributed by atoms with Gasteiger partial charge in [-0.3, -0.25) is 4.79 Å². The van der Waals surface area contributed by atoms with Crippen molar-refractivity contribution in [1.29, 1.82) is 0 Å². The van der Waals surface area contributed by atoms with Gasteiger partial charge in [-0.15, -0.1) is 0 Å². The SMILES string of the molecule is CON1CC1C(=O)N[C@@H](C)c1ccccc1. The highest BCUT2D eigenvalue weighted by Crippen LogP contribution is 2.18. The molecule has 3 atom stereocenters. The Morgan fingerprint density at radius 3 is 2.75 bits per heavy atom. The molecule has 1 aliphatic rings. The molecule has 1 amide bonds. The summed E-state index contributed by atoms with van der Waals surface area (Å²) in [6.07, 6.45) is 0. The van der Waals surface area contributed by atoms with Crippen molar-refractivity contribution in [2.75, 3.05) is 13.7 Å². The normalized spacial score (nSPS) is 24.9. The van der Waals surface area contributed by atoms with Gasteiger partial charge in [-0.1, -0.05) is 30.3 Å². The predicted octanol–water partition coefficient (Wildman–Crippen LogP) is 1.11. The van der Waals surface area contributed by atoms with Crippen LogP contribution in [0, 0.1) is 0 Å². The van der Waals surface area contributed by atoms with Crippen LogP contribution >= 0.6 is 0 Å². The van der Waals surface area contributed by atoms with E-state index in [1.807, 2.05) is 37.3 Å². The van der Waals surface area contributed by atoms with Crippen molar-refractivity contribution in [1.82, 2.24) is 10.4 Å². The standard InChI is InChI=1S/C12H16N2O2/c1-9(10-6-4-3-5-7-10)13-12(15)11-8-14(11)16-2/h3-7,9,11H,8H2,1-2H3,(H,13,15)/t9-,11?,14?/m0/s1. The van der Waals surface area contributed by atoms with Crippen LogP contribution in [0.2, 0.25) is 0 Å². The van der Waals surface area contributed by atoms with E-state index < -0.39 is 0 Å². The van der Waals surface area contributed by atoms with Gasteiger partial charge < -0.3 is 10.2 Å². The summed E-state index contributed by atoms with van der Waals surface area (Å²) in [5.74, 6) is 0.0261. The highest BCUT2D eigenvalue weighted by molar-refractivity contribution is 5.84. The number of nitrogens with one attached hydrogen (secondary N) is 1. The molecule has 1 saturated heterocycles. The summed E-state index contributed by atoms with van der Waals surface area (Å²) in [6.45, 7) is 2.66. The molecule has 1 aromatic carbocycles. The second-order valence-corrected chi connectivity index (χ2v) is 3.94. The zero-order chi connectivity index (χ0) is 11.5. The van der Waals surface area contributed by atoms with Crippen molar-refractivity contribution in [2.24, 2.45) is 0 Å². The molecule has 0 aliphatic carbocycles. The summed E-state index contributed by atoms with van der Waals surface area (Å²) in [4.78, 5) is 16.7. The topological polar surface area (TPSA) is 41.3 Å². The lowest BCUT2D eigenvalue weighted by molar-refractivity contribution is -0.126. The smallest absolute Gasteiger partial charge is 0.241 e. The van der Waals surface area contributed by atoms with Crippen LogP contribution in [0.1, 0.15) is 18.5 Å². The second-order valence-electron chi connectivity index (χ2n) is 3.94. The van der Waals surface area contributed by atoms with Crippen LogP contribution in [0.4, 0.5) is 0 Å². The van der Waals surface area contributed by atoms with Gasteiger partial charge in [0.2, 0.25) is 5.91 Å². The molecule has 4 nitrogen and oxygen atoms in total. The van der Waals surface area contributed by atoms with E-state index in [0.29, 0.717) is 6.54 Å². The number of amides is 1. The lowest BCUT2D eigenvalue weighted by Gasteiger charge is -2.13. The monoisotopic (exact) mass is 220 g/mol. The van der Waals surface area contributed by atoms with Gasteiger partial charge in [0.1, 0.15) is 6.04 Å². The molecule has 1 N–H and O–H groups in total. The third kappa shape index (κ3) is 2.40. The van der Waals surface area contributed by atoms with Crippen LogP contribution in [0.25, 0.3) is 0 Å². The first-order valence-corrected chi connectivity index (χ1v) is 5.38. The van der Waals surface area contributed by atoms with Crippen molar-refractivity contribution in [2.45, 2.75) is 19.0 Å². The number of benzene rings is 1. The molecule has 0 saturated carbocycles. The average molecular weight is 220 g/mol. The van der Waals surface area contributed by atoms with Gasteiger partial charge in [0.25, 0.3) is 0 Å². The van der Waals surface area contributed by atoms with E-state index in [0.717, 1.165) is 5.56 Å². The predicted molar refractivity (Wildman–Crippen MR) is 60.5 cm³/mol. The lowest BCUT2D eigenvalue weighted by Crippen LogP contribution is -2.32. The summed E-state index contributed by atoms with van der Waals surface area (Å²) < 4.78 is 0. The van der Waals surface area contributed by atoms with Crippen LogP contribution in [0.15, 0.2) is 30.3 Å². The Morgan fingerprint density at radius 1 is 1.50 bits per heavy atom. The zero-order valence-electron chi connectivity index (χ0n) is 9.51. The number of hydrogen-bond acceptors (Lipinski definition) is 3. The molecule has 1 fully saturated rings. The third-order valence-corrected chi connectivity index (χ3v) is 2.76. The Hall–Kier alpha value is -1.39. The van der Waals surface area contributed by atoms with Gasteiger partial charge in [0, 0.05) is 0 Å². The maximum atomic E-state index is 11.7. The Kier molecular flexibility index (Phi) is 3.22. The fourth-order valence-corrected chi connectivity index (χ4v) is 1.67. The highest BCUT2D eigenvalue weighted by Gasteiger charge is 2.41. The van der Waals surface area contributed by atoms with Crippen molar-refractivity contribution in [3.05, 3.63) is 35.9 Å². The van der Waals surface area contributed by atoms with E-state index in [1.54, 1.807) is 12.2 Å². The molecule has 2 unspecified atom stereocenters. The van der Waals surface area contributed by atoms with Gasteiger partial charge in [-0.05, 0) is 12.5 Å². The largest absolute Gasteiger partial charge is 0.348 e. The zero-order valence-corrected chi connectivity index (χ0v) is 9.51. The summed E-state index contributed by atoms with van der Waals surface area (Å²) in [5, 5.41) is 4.61. The Labute approximate surface area is 95.2 Å².